The van der Waals surface area contributed by atoms with Crippen molar-refractivity contribution in [2.24, 2.45) is 0 Å². The fourth-order valence-corrected chi connectivity index (χ4v) is 1.61. The van der Waals surface area contributed by atoms with E-state index in [1.165, 1.54) is 18.4 Å². The molecule has 3 N–H and O–H groups in total. The first-order valence-electron chi connectivity index (χ1n) is 6.03. The van der Waals surface area contributed by atoms with Gasteiger partial charge in [0, 0.05) is 0 Å². The normalized spacial score (nSPS) is 10.1. The SMILES string of the molecule is CCOC(=O)c1ccc(NC(=O)c2ccco2)c(N)c1. The summed E-state index contributed by atoms with van der Waals surface area (Å²) in [6.45, 7) is 2.01. The van der Waals surface area contributed by atoms with E-state index in [2.05, 4.69) is 5.32 Å². The van der Waals surface area contributed by atoms with Crippen molar-refractivity contribution in [2.75, 3.05) is 17.7 Å². The zero-order valence-electron chi connectivity index (χ0n) is 10.9. The molecule has 0 aliphatic heterocycles. The summed E-state index contributed by atoms with van der Waals surface area (Å²) in [5.74, 6) is -0.687. The largest absolute Gasteiger partial charge is 0.462 e. The lowest BCUT2D eigenvalue weighted by atomic mass is 10.1. The maximum atomic E-state index is 11.8. The molecule has 0 aliphatic carbocycles. The Hall–Kier alpha value is -2.76. The number of furan rings is 1. The summed E-state index contributed by atoms with van der Waals surface area (Å²) in [5.41, 5.74) is 6.81. The van der Waals surface area contributed by atoms with E-state index in [0.29, 0.717) is 11.3 Å². The van der Waals surface area contributed by atoms with Gasteiger partial charge in [0.05, 0.1) is 29.8 Å². The van der Waals surface area contributed by atoms with Crippen molar-refractivity contribution < 1.29 is 18.7 Å². The standard InChI is InChI=1S/C14H14N2O4/c1-2-19-14(18)9-5-6-11(10(15)8-9)16-13(17)12-4-3-7-20-12/h3-8H,2,15H2,1H3,(H,16,17). The molecule has 0 aliphatic rings. The molecule has 0 atom stereocenters. The molecule has 0 spiro atoms. The topological polar surface area (TPSA) is 94.6 Å². The third kappa shape index (κ3) is 2.97. The summed E-state index contributed by atoms with van der Waals surface area (Å²) in [6, 6.07) is 7.69. The Balaban J connectivity index is 2.14. The Labute approximate surface area is 115 Å². The summed E-state index contributed by atoms with van der Waals surface area (Å²) >= 11 is 0. The molecule has 1 aromatic carbocycles. The second-order valence-corrected chi connectivity index (χ2v) is 3.95. The third-order valence-corrected chi connectivity index (χ3v) is 2.56. The fraction of sp³-hybridized carbons (Fsp3) is 0.143. The molecular weight excluding hydrogens is 260 g/mol. The van der Waals surface area contributed by atoms with Gasteiger partial charge in [0.15, 0.2) is 5.76 Å². The Bertz CT molecular complexity index is 620. The Morgan fingerprint density at radius 1 is 1.35 bits per heavy atom. The van der Waals surface area contributed by atoms with Crippen LogP contribution in [0, 0.1) is 0 Å². The number of carbonyl (C=O) groups excluding carboxylic acids is 2. The van der Waals surface area contributed by atoms with E-state index in [4.69, 9.17) is 14.9 Å². The van der Waals surface area contributed by atoms with Gasteiger partial charge < -0.3 is 20.2 Å². The van der Waals surface area contributed by atoms with Gasteiger partial charge in [-0.05, 0) is 37.3 Å². The summed E-state index contributed by atoms with van der Waals surface area (Å²) in [6.07, 6.45) is 1.40. The molecule has 2 rings (SSSR count). The van der Waals surface area contributed by atoms with E-state index < -0.39 is 11.9 Å². The van der Waals surface area contributed by atoms with Gasteiger partial charge in [-0.1, -0.05) is 0 Å². The van der Waals surface area contributed by atoms with Crippen molar-refractivity contribution in [3.05, 3.63) is 47.9 Å². The smallest absolute Gasteiger partial charge is 0.338 e. The van der Waals surface area contributed by atoms with Crippen LogP contribution in [0.1, 0.15) is 27.8 Å². The minimum absolute atomic E-state index is 0.180. The molecule has 6 nitrogen and oxygen atoms in total. The van der Waals surface area contributed by atoms with Crippen LogP contribution < -0.4 is 11.1 Å². The van der Waals surface area contributed by atoms with Crippen LogP contribution in [-0.2, 0) is 4.74 Å². The average Bonchev–Trinajstić information content (AvgIpc) is 2.95. The summed E-state index contributed by atoms with van der Waals surface area (Å²) < 4.78 is 9.84. The molecule has 0 radical (unpaired) electrons. The number of esters is 1. The molecule has 20 heavy (non-hydrogen) atoms. The Morgan fingerprint density at radius 2 is 2.15 bits per heavy atom. The Morgan fingerprint density at radius 3 is 2.75 bits per heavy atom. The van der Waals surface area contributed by atoms with Crippen LogP contribution in [0.4, 0.5) is 11.4 Å². The zero-order valence-corrected chi connectivity index (χ0v) is 10.9. The molecule has 104 valence electrons. The van der Waals surface area contributed by atoms with E-state index in [1.54, 1.807) is 25.1 Å². The van der Waals surface area contributed by atoms with Crippen LogP contribution in [0.5, 0.6) is 0 Å². The molecule has 1 heterocycles. The van der Waals surface area contributed by atoms with Crippen LogP contribution in [0.2, 0.25) is 0 Å². The van der Waals surface area contributed by atoms with Gasteiger partial charge in [-0.25, -0.2) is 4.79 Å². The van der Waals surface area contributed by atoms with Gasteiger partial charge >= 0.3 is 5.97 Å². The number of ether oxygens (including phenoxy) is 1. The zero-order chi connectivity index (χ0) is 14.5. The average molecular weight is 274 g/mol. The summed E-state index contributed by atoms with van der Waals surface area (Å²) in [7, 11) is 0. The van der Waals surface area contributed by atoms with E-state index in [-0.39, 0.29) is 18.1 Å². The number of amides is 1. The van der Waals surface area contributed by atoms with E-state index in [9.17, 15) is 9.59 Å². The van der Waals surface area contributed by atoms with Gasteiger partial charge in [0.25, 0.3) is 5.91 Å². The number of rotatable bonds is 4. The van der Waals surface area contributed by atoms with Gasteiger partial charge in [0.2, 0.25) is 0 Å². The second kappa shape index (κ2) is 5.92. The monoisotopic (exact) mass is 274 g/mol. The molecular formula is C14H14N2O4. The Kier molecular flexibility index (Phi) is 4.05. The van der Waals surface area contributed by atoms with Crippen LogP contribution >= 0.6 is 0 Å². The highest BCUT2D eigenvalue weighted by Gasteiger charge is 2.13. The van der Waals surface area contributed by atoms with Crippen molar-refractivity contribution >= 4 is 23.3 Å². The minimum Gasteiger partial charge on any atom is -0.462 e. The first-order valence-corrected chi connectivity index (χ1v) is 6.03. The van der Waals surface area contributed by atoms with Crippen molar-refractivity contribution in [1.82, 2.24) is 0 Å². The van der Waals surface area contributed by atoms with E-state index in [0.717, 1.165) is 0 Å². The number of hydrogen-bond acceptors (Lipinski definition) is 5. The van der Waals surface area contributed by atoms with Gasteiger partial charge in [-0.15, -0.1) is 0 Å². The second-order valence-electron chi connectivity index (χ2n) is 3.95. The highest BCUT2D eigenvalue weighted by atomic mass is 16.5. The third-order valence-electron chi connectivity index (χ3n) is 2.56. The van der Waals surface area contributed by atoms with Crippen molar-refractivity contribution in [2.45, 2.75) is 6.92 Å². The summed E-state index contributed by atoms with van der Waals surface area (Å²) in [4.78, 5) is 23.3. The molecule has 0 unspecified atom stereocenters. The molecule has 0 saturated carbocycles. The lowest BCUT2D eigenvalue weighted by Crippen LogP contribution is -2.13. The summed E-state index contributed by atoms with van der Waals surface area (Å²) in [5, 5.41) is 2.60. The van der Waals surface area contributed by atoms with Crippen LogP contribution in [0.25, 0.3) is 0 Å². The number of anilines is 2. The lowest BCUT2D eigenvalue weighted by molar-refractivity contribution is 0.0526. The predicted molar refractivity (Wildman–Crippen MR) is 73.5 cm³/mol. The van der Waals surface area contributed by atoms with Gasteiger partial charge in [-0.2, -0.15) is 0 Å². The van der Waals surface area contributed by atoms with Crippen molar-refractivity contribution in [3.63, 3.8) is 0 Å². The van der Waals surface area contributed by atoms with E-state index in [1.807, 2.05) is 0 Å². The first-order chi connectivity index (χ1) is 9.61. The number of nitrogens with two attached hydrogens (primary N) is 1. The number of carbonyl (C=O) groups is 2. The molecule has 6 heteroatoms. The number of hydrogen-bond donors (Lipinski definition) is 2. The predicted octanol–water partition coefficient (Wildman–Crippen LogP) is 2.29. The molecule has 0 fully saturated rings. The van der Waals surface area contributed by atoms with Crippen LogP contribution in [-0.4, -0.2) is 18.5 Å². The van der Waals surface area contributed by atoms with Gasteiger partial charge in [-0.3, -0.25) is 4.79 Å². The first kappa shape index (κ1) is 13.7. The van der Waals surface area contributed by atoms with E-state index >= 15 is 0 Å². The lowest BCUT2D eigenvalue weighted by Gasteiger charge is -2.08. The number of nitrogen functional groups attached to an aromatic ring is 1. The van der Waals surface area contributed by atoms with Crippen LogP contribution in [0.3, 0.4) is 0 Å². The number of nitrogens with one attached hydrogen (secondary N) is 1. The molecule has 0 bridgehead atoms. The van der Waals surface area contributed by atoms with Crippen LogP contribution in [0.15, 0.2) is 41.0 Å². The maximum absolute atomic E-state index is 11.8. The molecule has 1 aromatic heterocycles. The molecule has 0 saturated heterocycles. The van der Waals surface area contributed by atoms with Gasteiger partial charge in [0.1, 0.15) is 0 Å². The maximum Gasteiger partial charge on any atom is 0.338 e. The molecule has 1 amide bonds. The quantitative estimate of drug-likeness (QED) is 0.659. The number of benzene rings is 1. The minimum atomic E-state index is -0.455. The van der Waals surface area contributed by atoms with Crippen molar-refractivity contribution in [3.8, 4) is 0 Å². The van der Waals surface area contributed by atoms with Crippen molar-refractivity contribution in [1.29, 1.82) is 0 Å². The molecule has 2 aromatic rings. The highest BCUT2D eigenvalue weighted by Crippen LogP contribution is 2.21. The highest BCUT2D eigenvalue weighted by molar-refractivity contribution is 6.04. The fourth-order valence-electron chi connectivity index (χ4n) is 1.61.